The fourth-order valence-electron chi connectivity index (χ4n) is 2.59. The van der Waals surface area contributed by atoms with Crippen LogP contribution in [0.15, 0.2) is 48.5 Å². The van der Waals surface area contributed by atoms with Gasteiger partial charge in [0.15, 0.2) is 0 Å². The van der Waals surface area contributed by atoms with E-state index in [1.165, 1.54) is 5.19 Å². The predicted octanol–water partition coefficient (Wildman–Crippen LogP) is 4.55. The molecule has 0 saturated carbocycles. The molecule has 2 rings (SSSR count). The van der Waals surface area contributed by atoms with Crippen molar-refractivity contribution in [2.24, 2.45) is 0 Å². The Morgan fingerprint density at radius 2 is 1.31 bits per heavy atom. The Kier molecular flexibility index (Phi) is 6.32. The highest BCUT2D eigenvalue weighted by Crippen LogP contribution is 2.17. The zero-order valence-corrected chi connectivity index (χ0v) is 18.6. The maximum Gasteiger partial charge on any atom is 0.140 e. The molecule has 2 aromatic rings. The first-order valence-electron chi connectivity index (χ1n) is 8.99. The first-order chi connectivity index (χ1) is 12.1. The van der Waals surface area contributed by atoms with E-state index in [2.05, 4.69) is 80.8 Å². The summed E-state index contributed by atoms with van der Waals surface area (Å²) in [4.78, 5) is 0. The summed E-state index contributed by atoms with van der Waals surface area (Å²) in [6.45, 7) is 13.5. The van der Waals surface area contributed by atoms with Gasteiger partial charge in [0.2, 0.25) is 0 Å². The minimum absolute atomic E-state index is 0.788. The molecule has 134 valence electrons. The van der Waals surface area contributed by atoms with Crippen molar-refractivity contribution in [3.05, 3.63) is 65.2 Å². The second-order valence-corrected chi connectivity index (χ2v) is 18.3. The highest BCUT2D eigenvalue weighted by molar-refractivity contribution is 6.89. The van der Waals surface area contributed by atoms with Gasteiger partial charge < -0.3 is 5.11 Å². The number of aliphatic hydroxyl groups excluding tert-OH is 1. The van der Waals surface area contributed by atoms with Crippen LogP contribution in [0.2, 0.25) is 39.3 Å². The van der Waals surface area contributed by atoms with Gasteiger partial charge in [-0.25, -0.2) is 0 Å². The van der Waals surface area contributed by atoms with Crippen LogP contribution in [-0.4, -0.2) is 21.3 Å². The van der Waals surface area contributed by atoms with Crippen LogP contribution in [0.25, 0.3) is 0 Å². The molecule has 0 aromatic heterocycles. The summed E-state index contributed by atoms with van der Waals surface area (Å²) in [7, 11) is -2.98. The highest BCUT2D eigenvalue weighted by Gasteiger charge is 2.19. The van der Waals surface area contributed by atoms with Crippen LogP contribution in [0.5, 0.6) is 0 Å². The molecule has 0 spiro atoms. The van der Waals surface area contributed by atoms with Gasteiger partial charge >= 0.3 is 0 Å². The molecular weight excluding hydrogens is 348 g/mol. The van der Waals surface area contributed by atoms with E-state index in [1.807, 2.05) is 30.3 Å². The first-order valence-corrected chi connectivity index (χ1v) is 16.0. The molecule has 1 atom stereocenters. The summed E-state index contributed by atoms with van der Waals surface area (Å²) in [5.74, 6) is 9.63. The zero-order chi connectivity index (χ0) is 19.4. The van der Waals surface area contributed by atoms with E-state index in [0.717, 1.165) is 16.7 Å². The number of benzene rings is 2. The zero-order valence-electron chi connectivity index (χ0n) is 16.6. The van der Waals surface area contributed by atoms with Crippen LogP contribution in [-0.2, 0) is 0 Å². The number of hydrogen-bond acceptors (Lipinski definition) is 1. The molecule has 0 saturated heterocycles. The molecular formula is C23H28OSi2. The Bertz CT molecular complexity index is 894. The topological polar surface area (TPSA) is 20.2 Å². The SMILES string of the molecule is C[Si](C)(C)C#CC(O)c1ccccc1C#Cc1ccccc1[Si](C)(C)C. The van der Waals surface area contributed by atoms with Crippen LogP contribution < -0.4 is 5.19 Å². The van der Waals surface area contributed by atoms with Crippen molar-refractivity contribution in [2.45, 2.75) is 45.4 Å². The van der Waals surface area contributed by atoms with E-state index in [4.69, 9.17) is 0 Å². The van der Waals surface area contributed by atoms with Crippen molar-refractivity contribution >= 4 is 21.3 Å². The molecule has 0 amide bonds. The van der Waals surface area contributed by atoms with E-state index < -0.39 is 22.3 Å². The summed E-state index contributed by atoms with van der Waals surface area (Å²) in [6, 6.07) is 16.2. The quantitative estimate of drug-likeness (QED) is 0.602. The van der Waals surface area contributed by atoms with Gasteiger partial charge in [0, 0.05) is 16.7 Å². The van der Waals surface area contributed by atoms with Crippen molar-refractivity contribution in [3.63, 3.8) is 0 Å². The summed E-state index contributed by atoms with van der Waals surface area (Å²) >= 11 is 0. The Balaban J connectivity index is 2.43. The highest BCUT2D eigenvalue weighted by atomic mass is 28.3. The number of hydrogen-bond donors (Lipinski definition) is 1. The van der Waals surface area contributed by atoms with Crippen LogP contribution in [0.4, 0.5) is 0 Å². The molecule has 0 aliphatic carbocycles. The fraction of sp³-hybridized carbons (Fsp3) is 0.304. The van der Waals surface area contributed by atoms with Crippen LogP contribution in [0.3, 0.4) is 0 Å². The lowest BCUT2D eigenvalue weighted by atomic mass is 10.0. The largest absolute Gasteiger partial charge is 0.376 e. The van der Waals surface area contributed by atoms with Gasteiger partial charge in [-0.3, -0.25) is 0 Å². The molecule has 0 aliphatic rings. The first kappa shape index (κ1) is 20.3. The van der Waals surface area contributed by atoms with Crippen molar-refractivity contribution in [1.82, 2.24) is 0 Å². The van der Waals surface area contributed by atoms with Gasteiger partial charge in [0.25, 0.3) is 0 Å². The van der Waals surface area contributed by atoms with E-state index in [0.29, 0.717) is 0 Å². The van der Waals surface area contributed by atoms with Gasteiger partial charge in [-0.15, -0.1) is 5.54 Å². The molecule has 0 fully saturated rings. The lowest BCUT2D eigenvalue weighted by Crippen LogP contribution is -2.39. The average Bonchev–Trinajstić information content (AvgIpc) is 2.57. The van der Waals surface area contributed by atoms with Crippen LogP contribution in [0.1, 0.15) is 22.8 Å². The third-order valence-corrected chi connectivity index (χ3v) is 6.85. The van der Waals surface area contributed by atoms with Crippen molar-refractivity contribution < 1.29 is 5.11 Å². The average molecular weight is 377 g/mol. The van der Waals surface area contributed by atoms with Gasteiger partial charge in [-0.2, -0.15) is 0 Å². The second-order valence-electron chi connectivity index (χ2n) is 8.55. The van der Waals surface area contributed by atoms with E-state index in [-0.39, 0.29) is 0 Å². The number of rotatable bonds is 2. The maximum absolute atomic E-state index is 10.5. The maximum atomic E-state index is 10.5. The fourth-order valence-corrected chi connectivity index (χ4v) is 4.71. The van der Waals surface area contributed by atoms with E-state index in [9.17, 15) is 5.11 Å². The monoisotopic (exact) mass is 376 g/mol. The van der Waals surface area contributed by atoms with Crippen molar-refractivity contribution in [2.75, 3.05) is 0 Å². The number of aliphatic hydroxyl groups is 1. The molecule has 0 bridgehead atoms. The predicted molar refractivity (Wildman–Crippen MR) is 118 cm³/mol. The Hall–Kier alpha value is -2.05. The third-order valence-electron chi connectivity index (χ3n) is 3.91. The molecule has 1 N–H and O–H groups in total. The minimum Gasteiger partial charge on any atom is -0.376 e. The normalized spacial score (nSPS) is 12.4. The summed E-state index contributed by atoms with van der Waals surface area (Å²) in [5, 5.41) is 11.9. The van der Waals surface area contributed by atoms with Gasteiger partial charge in [-0.1, -0.05) is 93.4 Å². The molecule has 0 aliphatic heterocycles. The molecule has 1 unspecified atom stereocenters. The minimum atomic E-state index is -1.52. The molecule has 0 radical (unpaired) electrons. The Labute approximate surface area is 160 Å². The lowest BCUT2D eigenvalue weighted by molar-refractivity contribution is 0.238. The van der Waals surface area contributed by atoms with E-state index >= 15 is 0 Å². The van der Waals surface area contributed by atoms with E-state index in [1.54, 1.807) is 0 Å². The third kappa shape index (κ3) is 5.75. The molecule has 1 nitrogen and oxygen atoms in total. The Morgan fingerprint density at radius 1 is 0.769 bits per heavy atom. The summed E-state index contributed by atoms with van der Waals surface area (Å²) < 4.78 is 0. The summed E-state index contributed by atoms with van der Waals surface area (Å²) in [5.41, 5.74) is 5.96. The van der Waals surface area contributed by atoms with Crippen molar-refractivity contribution in [1.29, 1.82) is 0 Å². The second kappa shape index (κ2) is 8.10. The molecule has 3 heteroatoms. The van der Waals surface area contributed by atoms with Gasteiger partial charge in [0.1, 0.15) is 14.2 Å². The van der Waals surface area contributed by atoms with Gasteiger partial charge in [-0.05, 0) is 17.3 Å². The molecule has 0 heterocycles. The molecule has 2 aromatic carbocycles. The van der Waals surface area contributed by atoms with Crippen molar-refractivity contribution in [3.8, 4) is 23.3 Å². The lowest BCUT2D eigenvalue weighted by Gasteiger charge is -2.18. The molecule has 26 heavy (non-hydrogen) atoms. The van der Waals surface area contributed by atoms with Crippen LogP contribution in [0, 0.1) is 23.3 Å². The smallest absolute Gasteiger partial charge is 0.140 e. The van der Waals surface area contributed by atoms with Gasteiger partial charge in [0.05, 0.1) is 8.07 Å². The standard InChI is InChI=1S/C23H28OSi2/c1-25(2,3)18-17-22(24)21-13-9-7-11-19(21)15-16-20-12-8-10-14-23(20)26(4,5)6/h7-14,22,24H,1-6H3. The Morgan fingerprint density at radius 3 is 1.92 bits per heavy atom. The summed E-state index contributed by atoms with van der Waals surface area (Å²) in [6.07, 6.45) is -0.792. The van der Waals surface area contributed by atoms with Crippen LogP contribution >= 0.6 is 0 Å².